The number of carbonyl (C=O) groups is 2. The highest BCUT2D eigenvalue weighted by molar-refractivity contribution is 8.03. The normalized spacial score (nSPS) is 14.4. The maximum Gasteiger partial charge on any atom is 0.358 e. The summed E-state index contributed by atoms with van der Waals surface area (Å²) in [6, 6.07) is 9.53. The minimum Gasteiger partial charge on any atom is -0.452 e. The summed E-state index contributed by atoms with van der Waals surface area (Å²) < 4.78 is 4.98. The maximum absolute atomic E-state index is 12.4. The van der Waals surface area contributed by atoms with Crippen LogP contribution in [0.4, 0.5) is 5.69 Å². The summed E-state index contributed by atoms with van der Waals surface area (Å²) in [6.45, 7) is 1.20. The highest BCUT2D eigenvalue weighted by Crippen LogP contribution is 2.46. The van der Waals surface area contributed by atoms with Gasteiger partial charge in [-0.3, -0.25) is 9.78 Å². The third kappa shape index (κ3) is 3.43. The standard InChI is InChI=1S/C18H14N4O3S/c1-11-8-21-13(9-20-11)18(24)25-10-15(23)12(7-19)17-22(2)14-5-3-4-6-16(14)26-17/h3-6,8-9H,10H2,1-2H3/b17-12-. The number of hydrogen-bond donors (Lipinski definition) is 0. The molecule has 2 aromatic rings. The van der Waals surface area contributed by atoms with E-state index in [1.165, 1.54) is 24.2 Å². The lowest BCUT2D eigenvalue weighted by molar-refractivity contribution is -0.118. The first-order chi connectivity index (χ1) is 12.5. The number of fused-ring (bicyclic) bond motifs is 1. The van der Waals surface area contributed by atoms with Crippen LogP contribution in [0.1, 0.15) is 16.2 Å². The molecule has 0 fully saturated rings. The fourth-order valence-corrected chi connectivity index (χ4v) is 3.49. The van der Waals surface area contributed by atoms with Crippen LogP contribution < -0.4 is 4.90 Å². The van der Waals surface area contributed by atoms with Crippen LogP contribution in [0.3, 0.4) is 0 Å². The van der Waals surface area contributed by atoms with Crippen LogP contribution in [0, 0.1) is 18.3 Å². The quantitative estimate of drug-likeness (QED) is 0.463. The van der Waals surface area contributed by atoms with Crippen molar-refractivity contribution in [1.29, 1.82) is 5.26 Å². The first-order valence-electron chi connectivity index (χ1n) is 7.65. The van der Waals surface area contributed by atoms with Crippen molar-refractivity contribution in [3.8, 4) is 6.07 Å². The van der Waals surface area contributed by atoms with E-state index in [1.54, 1.807) is 18.9 Å². The Bertz CT molecular complexity index is 948. The van der Waals surface area contributed by atoms with Crippen molar-refractivity contribution in [2.24, 2.45) is 0 Å². The number of anilines is 1. The third-order valence-corrected chi connectivity index (χ3v) is 4.90. The molecular weight excluding hydrogens is 352 g/mol. The minimum atomic E-state index is -0.760. The van der Waals surface area contributed by atoms with Gasteiger partial charge in [-0.2, -0.15) is 5.26 Å². The largest absolute Gasteiger partial charge is 0.452 e. The molecule has 0 atom stereocenters. The Morgan fingerprint density at radius 2 is 2.04 bits per heavy atom. The van der Waals surface area contributed by atoms with Crippen molar-refractivity contribution in [2.75, 3.05) is 18.6 Å². The van der Waals surface area contributed by atoms with Crippen molar-refractivity contribution in [2.45, 2.75) is 11.8 Å². The third-order valence-electron chi connectivity index (χ3n) is 3.67. The zero-order valence-electron chi connectivity index (χ0n) is 14.1. The molecule has 1 aromatic heterocycles. The summed E-state index contributed by atoms with van der Waals surface area (Å²) in [5, 5.41) is 9.95. The lowest BCUT2D eigenvalue weighted by Gasteiger charge is -2.14. The van der Waals surface area contributed by atoms with E-state index in [4.69, 9.17) is 4.74 Å². The summed E-state index contributed by atoms with van der Waals surface area (Å²) in [6.07, 6.45) is 2.71. The molecule has 0 spiro atoms. The monoisotopic (exact) mass is 366 g/mol. The van der Waals surface area contributed by atoms with Gasteiger partial charge in [-0.25, -0.2) is 9.78 Å². The number of aryl methyl sites for hydroxylation is 1. The Morgan fingerprint density at radius 1 is 1.27 bits per heavy atom. The number of ketones is 1. The Morgan fingerprint density at radius 3 is 2.69 bits per heavy atom. The Hall–Kier alpha value is -3.18. The topological polar surface area (TPSA) is 96.2 Å². The lowest BCUT2D eigenvalue weighted by Crippen LogP contribution is -2.20. The Labute approximate surface area is 154 Å². The van der Waals surface area contributed by atoms with Gasteiger partial charge in [-0.05, 0) is 19.1 Å². The van der Waals surface area contributed by atoms with Crippen molar-refractivity contribution < 1.29 is 14.3 Å². The number of carbonyl (C=O) groups excluding carboxylic acids is 2. The molecule has 0 radical (unpaired) electrons. The zero-order valence-corrected chi connectivity index (χ0v) is 14.9. The molecule has 0 amide bonds. The van der Waals surface area contributed by atoms with Crippen molar-refractivity contribution >= 4 is 29.2 Å². The van der Waals surface area contributed by atoms with Crippen molar-refractivity contribution in [1.82, 2.24) is 9.97 Å². The number of esters is 1. The average Bonchev–Trinajstić information content (AvgIpc) is 2.98. The van der Waals surface area contributed by atoms with E-state index < -0.39 is 18.4 Å². The van der Waals surface area contributed by atoms with Gasteiger partial charge in [-0.1, -0.05) is 23.9 Å². The van der Waals surface area contributed by atoms with E-state index >= 15 is 0 Å². The van der Waals surface area contributed by atoms with Gasteiger partial charge in [-0.15, -0.1) is 0 Å². The molecule has 1 aromatic carbocycles. The lowest BCUT2D eigenvalue weighted by atomic mass is 10.2. The van der Waals surface area contributed by atoms with Gasteiger partial charge in [0.15, 0.2) is 12.3 Å². The molecule has 7 nitrogen and oxygen atoms in total. The van der Waals surface area contributed by atoms with Crippen LogP contribution >= 0.6 is 11.8 Å². The number of rotatable bonds is 4. The molecule has 1 aliphatic heterocycles. The highest BCUT2D eigenvalue weighted by atomic mass is 32.2. The highest BCUT2D eigenvalue weighted by Gasteiger charge is 2.28. The number of ether oxygens (including phenoxy) is 1. The number of benzene rings is 1. The number of para-hydroxylation sites is 1. The SMILES string of the molecule is Cc1cnc(C(=O)OCC(=O)/C(C#N)=C2\Sc3ccccc3N2C)cn1. The number of nitriles is 1. The number of aromatic nitrogens is 2. The molecule has 0 saturated carbocycles. The molecule has 130 valence electrons. The van der Waals surface area contributed by atoms with Crippen LogP contribution in [0.15, 0.2) is 52.2 Å². The molecule has 26 heavy (non-hydrogen) atoms. The number of hydrogen-bond acceptors (Lipinski definition) is 8. The molecule has 0 unspecified atom stereocenters. The van der Waals surface area contributed by atoms with Crippen LogP contribution in [-0.2, 0) is 9.53 Å². The molecule has 2 heterocycles. The van der Waals surface area contributed by atoms with Crippen LogP contribution in [0.5, 0.6) is 0 Å². The van der Waals surface area contributed by atoms with Crippen molar-refractivity contribution in [3.05, 3.63) is 58.6 Å². The van der Waals surface area contributed by atoms with E-state index in [0.717, 1.165) is 10.6 Å². The van der Waals surface area contributed by atoms with E-state index in [9.17, 15) is 14.9 Å². The molecule has 0 bridgehead atoms. The fraction of sp³-hybridized carbons (Fsp3) is 0.167. The van der Waals surface area contributed by atoms with Crippen LogP contribution in [0.25, 0.3) is 0 Å². The van der Waals surface area contributed by atoms with E-state index in [0.29, 0.717) is 10.7 Å². The van der Waals surface area contributed by atoms with E-state index in [1.807, 2.05) is 30.3 Å². The minimum absolute atomic E-state index is 0.00863. The van der Waals surface area contributed by atoms with Gasteiger partial charge in [0, 0.05) is 18.1 Å². The van der Waals surface area contributed by atoms with Crippen LogP contribution in [-0.4, -0.2) is 35.4 Å². The first kappa shape index (κ1) is 17.6. The molecule has 3 rings (SSSR count). The molecule has 0 aliphatic carbocycles. The van der Waals surface area contributed by atoms with Gasteiger partial charge in [0.2, 0.25) is 5.78 Å². The average molecular weight is 366 g/mol. The molecule has 0 saturated heterocycles. The van der Waals surface area contributed by atoms with E-state index in [2.05, 4.69) is 9.97 Å². The first-order valence-corrected chi connectivity index (χ1v) is 8.47. The second-order valence-electron chi connectivity index (χ2n) is 5.46. The van der Waals surface area contributed by atoms with Gasteiger partial charge >= 0.3 is 5.97 Å². The maximum atomic E-state index is 12.4. The summed E-state index contributed by atoms with van der Waals surface area (Å²) in [5.74, 6) is -1.33. The summed E-state index contributed by atoms with van der Waals surface area (Å²) >= 11 is 1.34. The second-order valence-corrected chi connectivity index (χ2v) is 6.49. The van der Waals surface area contributed by atoms with E-state index in [-0.39, 0.29) is 11.3 Å². The van der Waals surface area contributed by atoms with Crippen LogP contribution in [0.2, 0.25) is 0 Å². The molecule has 0 N–H and O–H groups in total. The molecule has 8 heteroatoms. The fourth-order valence-electron chi connectivity index (χ4n) is 2.33. The second kappa shape index (κ2) is 7.37. The van der Waals surface area contributed by atoms with Gasteiger partial charge in [0.05, 0.1) is 17.6 Å². The van der Waals surface area contributed by atoms with Crippen molar-refractivity contribution in [3.63, 3.8) is 0 Å². The number of Topliss-reactive ketones (excluding diaryl/α,β-unsaturated/α-hetero) is 1. The predicted molar refractivity (Wildman–Crippen MR) is 95.4 cm³/mol. The predicted octanol–water partition coefficient (Wildman–Crippen LogP) is 2.49. The molecular formula is C18H14N4O3S. The van der Waals surface area contributed by atoms with Gasteiger partial charge in [0.25, 0.3) is 0 Å². The smallest absolute Gasteiger partial charge is 0.358 e. The zero-order chi connectivity index (χ0) is 18.7. The van der Waals surface area contributed by atoms with Gasteiger partial charge in [0.1, 0.15) is 16.7 Å². The molecule has 1 aliphatic rings. The Balaban J connectivity index is 1.73. The van der Waals surface area contributed by atoms with Gasteiger partial charge < -0.3 is 9.64 Å². The number of nitrogens with zero attached hydrogens (tertiary/aromatic N) is 4. The number of thioether (sulfide) groups is 1. The Kier molecular flexibility index (Phi) is 5.00. The summed E-state index contributed by atoms with van der Waals surface area (Å²) in [7, 11) is 1.78. The summed E-state index contributed by atoms with van der Waals surface area (Å²) in [5.41, 5.74) is 1.54. The summed E-state index contributed by atoms with van der Waals surface area (Å²) in [4.78, 5) is 35.0.